The lowest BCUT2D eigenvalue weighted by Gasteiger charge is -2.29. The average Bonchev–Trinajstić information content (AvgIpc) is 3.03. The van der Waals surface area contributed by atoms with Gasteiger partial charge in [0.05, 0.1) is 31.1 Å². The summed E-state index contributed by atoms with van der Waals surface area (Å²) < 4.78 is 16.6. The number of fused-ring (bicyclic) bond motifs is 2. The van der Waals surface area contributed by atoms with Crippen molar-refractivity contribution in [1.82, 2.24) is 4.90 Å². The SMILES string of the molecule is CN(Cc1ccc(N2CCOCC2)cc1)CN1C(=O)C(=O)c2cc3c(cc21)OCCO3. The van der Waals surface area contributed by atoms with Crippen molar-refractivity contribution in [1.29, 1.82) is 0 Å². The summed E-state index contributed by atoms with van der Waals surface area (Å²) in [5.74, 6) is 0.0580. The molecule has 0 spiro atoms. The van der Waals surface area contributed by atoms with E-state index in [4.69, 9.17) is 14.2 Å². The molecule has 8 nitrogen and oxygen atoms in total. The van der Waals surface area contributed by atoms with E-state index in [2.05, 4.69) is 29.2 Å². The number of anilines is 2. The first-order chi connectivity index (χ1) is 15.1. The van der Waals surface area contributed by atoms with Crippen molar-refractivity contribution in [2.45, 2.75) is 6.54 Å². The fourth-order valence-corrected chi connectivity index (χ4v) is 4.21. The molecule has 1 saturated heterocycles. The lowest BCUT2D eigenvalue weighted by atomic mass is 10.1. The zero-order valence-electron chi connectivity index (χ0n) is 17.5. The number of carbonyl (C=O) groups is 2. The maximum absolute atomic E-state index is 12.6. The first-order valence-corrected chi connectivity index (χ1v) is 10.5. The molecule has 1 fully saturated rings. The van der Waals surface area contributed by atoms with Crippen LogP contribution < -0.4 is 19.3 Å². The molecule has 0 bridgehead atoms. The molecular formula is C23H25N3O5. The predicted octanol–water partition coefficient (Wildman–Crippen LogP) is 1.91. The van der Waals surface area contributed by atoms with Gasteiger partial charge in [-0.05, 0) is 30.8 Å². The summed E-state index contributed by atoms with van der Waals surface area (Å²) in [6, 6.07) is 11.8. The van der Waals surface area contributed by atoms with Crippen LogP contribution in [0.4, 0.5) is 11.4 Å². The number of Topliss-reactive ketones (excluding diaryl/α,β-unsaturated/α-hetero) is 1. The maximum Gasteiger partial charge on any atom is 0.300 e. The molecule has 8 heteroatoms. The number of ketones is 1. The quantitative estimate of drug-likeness (QED) is 0.681. The number of benzene rings is 2. The summed E-state index contributed by atoms with van der Waals surface area (Å²) in [7, 11) is 1.93. The number of carbonyl (C=O) groups excluding carboxylic acids is 2. The van der Waals surface area contributed by atoms with Crippen LogP contribution in [0, 0.1) is 0 Å². The van der Waals surface area contributed by atoms with Crippen LogP contribution in [-0.2, 0) is 16.1 Å². The summed E-state index contributed by atoms with van der Waals surface area (Å²) >= 11 is 0. The standard InChI is InChI=1S/C23H25N3O5/c1-24(14-16-2-4-17(5-3-16)25-6-8-29-9-7-25)15-26-19-13-21-20(30-10-11-31-21)12-18(19)22(27)23(26)28/h2-5,12-13H,6-11,14-15H2,1H3. The third-order valence-corrected chi connectivity index (χ3v) is 5.78. The third kappa shape index (κ3) is 3.84. The number of morpholine rings is 1. The Labute approximate surface area is 180 Å². The van der Waals surface area contributed by atoms with Gasteiger partial charge in [-0.25, -0.2) is 0 Å². The smallest absolute Gasteiger partial charge is 0.300 e. The molecule has 0 aromatic heterocycles. The van der Waals surface area contributed by atoms with E-state index in [1.54, 1.807) is 12.1 Å². The molecule has 0 radical (unpaired) electrons. The summed E-state index contributed by atoms with van der Waals surface area (Å²) in [5, 5.41) is 0. The molecule has 162 valence electrons. The second kappa shape index (κ2) is 8.20. The molecule has 3 aliphatic heterocycles. The highest BCUT2D eigenvalue weighted by Gasteiger charge is 2.38. The number of hydrogen-bond donors (Lipinski definition) is 0. The lowest BCUT2D eigenvalue weighted by Crippen LogP contribution is -2.39. The maximum atomic E-state index is 12.6. The zero-order valence-corrected chi connectivity index (χ0v) is 17.5. The fraction of sp³-hybridized carbons (Fsp3) is 0.391. The second-order valence-corrected chi connectivity index (χ2v) is 8.00. The summed E-state index contributed by atoms with van der Waals surface area (Å²) in [6.45, 7) is 5.18. The van der Waals surface area contributed by atoms with Crippen molar-refractivity contribution in [2.75, 3.05) is 63.0 Å². The Kier molecular flexibility index (Phi) is 5.25. The average molecular weight is 423 g/mol. The molecule has 0 aliphatic carbocycles. The van der Waals surface area contributed by atoms with Crippen molar-refractivity contribution in [3.05, 3.63) is 47.5 Å². The Bertz CT molecular complexity index is 1000. The van der Waals surface area contributed by atoms with Gasteiger partial charge < -0.3 is 19.1 Å². The van der Waals surface area contributed by atoms with E-state index in [1.807, 2.05) is 11.9 Å². The van der Waals surface area contributed by atoms with Gasteiger partial charge in [0.1, 0.15) is 13.2 Å². The lowest BCUT2D eigenvalue weighted by molar-refractivity contribution is -0.114. The van der Waals surface area contributed by atoms with Crippen LogP contribution in [-0.4, -0.2) is 69.8 Å². The monoisotopic (exact) mass is 423 g/mol. The molecule has 3 heterocycles. The molecule has 2 aromatic carbocycles. The number of nitrogens with zero attached hydrogens (tertiary/aromatic N) is 3. The van der Waals surface area contributed by atoms with Gasteiger partial charge >= 0.3 is 5.91 Å². The first-order valence-electron chi connectivity index (χ1n) is 10.5. The predicted molar refractivity (Wildman–Crippen MR) is 115 cm³/mol. The van der Waals surface area contributed by atoms with Gasteiger partial charge in [0, 0.05) is 31.4 Å². The highest BCUT2D eigenvalue weighted by Crippen LogP contribution is 2.40. The van der Waals surface area contributed by atoms with Gasteiger partial charge in [-0.15, -0.1) is 0 Å². The molecule has 5 rings (SSSR count). The van der Waals surface area contributed by atoms with Crippen molar-refractivity contribution in [2.24, 2.45) is 0 Å². The Morgan fingerprint density at radius 1 is 0.935 bits per heavy atom. The minimum Gasteiger partial charge on any atom is -0.486 e. The van der Waals surface area contributed by atoms with Crippen molar-refractivity contribution >= 4 is 23.1 Å². The van der Waals surface area contributed by atoms with E-state index in [1.165, 1.54) is 10.6 Å². The van der Waals surface area contributed by atoms with Crippen LogP contribution in [0.25, 0.3) is 0 Å². The number of rotatable bonds is 5. The number of ether oxygens (including phenoxy) is 3. The Morgan fingerprint density at radius 3 is 2.32 bits per heavy atom. The molecule has 31 heavy (non-hydrogen) atoms. The molecular weight excluding hydrogens is 398 g/mol. The van der Waals surface area contributed by atoms with Gasteiger partial charge in [-0.2, -0.15) is 0 Å². The highest BCUT2D eigenvalue weighted by atomic mass is 16.6. The Balaban J connectivity index is 1.28. The Morgan fingerprint density at radius 2 is 1.61 bits per heavy atom. The van der Waals surface area contributed by atoms with Gasteiger partial charge in [-0.1, -0.05) is 12.1 Å². The van der Waals surface area contributed by atoms with Gasteiger partial charge in [0.2, 0.25) is 0 Å². The summed E-state index contributed by atoms with van der Waals surface area (Å²) in [6.07, 6.45) is 0. The van der Waals surface area contributed by atoms with Gasteiger partial charge in [-0.3, -0.25) is 19.4 Å². The third-order valence-electron chi connectivity index (χ3n) is 5.78. The molecule has 0 saturated carbocycles. The van der Waals surface area contributed by atoms with Crippen LogP contribution in [0.15, 0.2) is 36.4 Å². The molecule has 0 atom stereocenters. The van der Waals surface area contributed by atoms with E-state index in [0.717, 1.165) is 31.9 Å². The molecule has 2 aromatic rings. The van der Waals surface area contributed by atoms with E-state index in [-0.39, 0.29) is 0 Å². The minimum atomic E-state index is -0.521. The minimum absolute atomic E-state index is 0.308. The largest absolute Gasteiger partial charge is 0.486 e. The topological polar surface area (TPSA) is 71.6 Å². The fourth-order valence-electron chi connectivity index (χ4n) is 4.21. The number of hydrogen-bond acceptors (Lipinski definition) is 7. The van der Waals surface area contributed by atoms with Gasteiger partial charge in [0.25, 0.3) is 5.78 Å². The van der Waals surface area contributed by atoms with Crippen molar-refractivity contribution in [3.63, 3.8) is 0 Å². The molecule has 1 amide bonds. The van der Waals surface area contributed by atoms with Crippen LogP contribution in [0.2, 0.25) is 0 Å². The molecule has 0 unspecified atom stereocenters. The van der Waals surface area contributed by atoms with Crippen LogP contribution in [0.5, 0.6) is 11.5 Å². The van der Waals surface area contributed by atoms with E-state index < -0.39 is 11.7 Å². The van der Waals surface area contributed by atoms with Crippen LogP contribution in [0.3, 0.4) is 0 Å². The normalized spacial score (nSPS) is 18.0. The van der Waals surface area contributed by atoms with Crippen LogP contribution in [0.1, 0.15) is 15.9 Å². The van der Waals surface area contributed by atoms with Crippen molar-refractivity contribution in [3.8, 4) is 11.5 Å². The van der Waals surface area contributed by atoms with E-state index >= 15 is 0 Å². The van der Waals surface area contributed by atoms with E-state index in [0.29, 0.717) is 49.2 Å². The van der Waals surface area contributed by atoms with E-state index in [9.17, 15) is 9.59 Å². The second-order valence-electron chi connectivity index (χ2n) is 8.00. The van der Waals surface area contributed by atoms with Crippen LogP contribution >= 0.6 is 0 Å². The zero-order chi connectivity index (χ0) is 21.4. The summed E-state index contributed by atoms with van der Waals surface area (Å²) in [4.78, 5) is 31.0. The van der Waals surface area contributed by atoms with Gasteiger partial charge in [0.15, 0.2) is 11.5 Å². The summed E-state index contributed by atoms with van der Waals surface area (Å²) in [5.41, 5.74) is 3.28. The first kappa shape index (κ1) is 19.8. The molecule has 0 N–H and O–H groups in total. The number of amides is 1. The highest BCUT2D eigenvalue weighted by molar-refractivity contribution is 6.52. The molecule has 3 aliphatic rings. The Hall–Kier alpha value is -3.10. The van der Waals surface area contributed by atoms with Crippen molar-refractivity contribution < 1.29 is 23.8 Å².